The molecule has 0 amide bonds. The molecule has 100 valence electrons. The lowest BCUT2D eigenvalue weighted by atomic mass is 9.99. The number of nitrogens with one attached hydrogen (secondary N) is 1. The molecule has 0 bridgehead atoms. The largest absolute Gasteiger partial charge is 0.369 e. The van der Waals surface area contributed by atoms with Crippen LogP contribution in [0, 0.1) is 6.92 Å². The summed E-state index contributed by atoms with van der Waals surface area (Å²) in [5.74, 6) is 1.50. The summed E-state index contributed by atoms with van der Waals surface area (Å²) in [6, 6.07) is 8.27. The van der Waals surface area contributed by atoms with Crippen LogP contribution in [0.5, 0.6) is 0 Å². The summed E-state index contributed by atoms with van der Waals surface area (Å²) in [7, 11) is 0. The minimum absolute atomic E-state index is 0.418. The van der Waals surface area contributed by atoms with Gasteiger partial charge < -0.3 is 5.32 Å². The van der Waals surface area contributed by atoms with Gasteiger partial charge >= 0.3 is 0 Å². The van der Waals surface area contributed by atoms with Gasteiger partial charge in [0, 0.05) is 30.6 Å². The van der Waals surface area contributed by atoms with E-state index in [1.54, 1.807) is 0 Å². The Bertz CT molecular complexity index is 763. The first-order valence-corrected chi connectivity index (χ1v) is 6.79. The molecule has 0 aliphatic carbocycles. The van der Waals surface area contributed by atoms with Crippen LogP contribution < -0.4 is 5.32 Å². The first-order valence-electron chi connectivity index (χ1n) is 6.79. The molecule has 4 heterocycles. The Morgan fingerprint density at radius 1 is 1.20 bits per heavy atom. The molecule has 4 rings (SSSR count). The fourth-order valence-corrected chi connectivity index (χ4v) is 2.78. The molecule has 5 heteroatoms. The Balaban J connectivity index is 1.75. The molecular formula is C15H15N5. The fourth-order valence-electron chi connectivity index (χ4n) is 2.78. The van der Waals surface area contributed by atoms with E-state index in [0.29, 0.717) is 5.92 Å². The third kappa shape index (κ3) is 1.74. The smallest absolute Gasteiger partial charge is 0.183 e. The quantitative estimate of drug-likeness (QED) is 0.733. The third-order valence-electron chi connectivity index (χ3n) is 3.83. The lowest BCUT2D eigenvalue weighted by molar-refractivity contribution is 0.508. The second-order valence-electron chi connectivity index (χ2n) is 5.21. The van der Waals surface area contributed by atoms with E-state index in [-0.39, 0.29) is 0 Å². The molecule has 20 heavy (non-hydrogen) atoms. The summed E-state index contributed by atoms with van der Waals surface area (Å²) >= 11 is 0. The Kier molecular flexibility index (Phi) is 2.45. The van der Waals surface area contributed by atoms with Gasteiger partial charge in [-0.2, -0.15) is 5.10 Å². The molecule has 0 aromatic carbocycles. The van der Waals surface area contributed by atoms with E-state index in [1.807, 2.05) is 30.1 Å². The van der Waals surface area contributed by atoms with E-state index >= 15 is 0 Å². The Morgan fingerprint density at radius 2 is 2.05 bits per heavy atom. The fraction of sp³-hybridized carbons (Fsp3) is 0.267. The van der Waals surface area contributed by atoms with Crippen molar-refractivity contribution in [2.75, 3.05) is 11.9 Å². The predicted octanol–water partition coefficient (Wildman–Crippen LogP) is 2.34. The second-order valence-corrected chi connectivity index (χ2v) is 5.21. The average molecular weight is 265 g/mol. The minimum atomic E-state index is 0.418. The maximum Gasteiger partial charge on any atom is 0.183 e. The van der Waals surface area contributed by atoms with Crippen LogP contribution in [0.2, 0.25) is 0 Å². The number of anilines is 1. The predicted molar refractivity (Wildman–Crippen MR) is 77.7 cm³/mol. The van der Waals surface area contributed by atoms with Crippen molar-refractivity contribution in [3.63, 3.8) is 0 Å². The van der Waals surface area contributed by atoms with Crippen molar-refractivity contribution >= 4 is 16.9 Å². The number of pyridine rings is 2. The maximum absolute atomic E-state index is 4.62. The molecule has 0 saturated heterocycles. The van der Waals surface area contributed by atoms with Crippen molar-refractivity contribution in [3.05, 3.63) is 47.9 Å². The second kappa shape index (κ2) is 4.30. The van der Waals surface area contributed by atoms with Crippen molar-refractivity contribution in [2.45, 2.75) is 19.4 Å². The van der Waals surface area contributed by atoms with Gasteiger partial charge in [0.05, 0.1) is 11.9 Å². The van der Waals surface area contributed by atoms with E-state index in [1.165, 1.54) is 5.56 Å². The van der Waals surface area contributed by atoms with E-state index in [0.717, 1.165) is 35.6 Å². The van der Waals surface area contributed by atoms with Crippen LogP contribution in [-0.2, 0) is 6.54 Å². The normalized spacial score (nSPS) is 17.8. The zero-order valence-electron chi connectivity index (χ0n) is 11.2. The van der Waals surface area contributed by atoms with Gasteiger partial charge in [0.25, 0.3) is 0 Å². The van der Waals surface area contributed by atoms with Crippen molar-refractivity contribution in [3.8, 4) is 0 Å². The van der Waals surface area contributed by atoms with Crippen LogP contribution in [-0.4, -0.2) is 26.3 Å². The highest BCUT2D eigenvalue weighted by Gasteiger charge is 2.23. The molecule has 1 atom stereocenters. The van der Waals surface area contributed by atoms with Gasteiger partial charge in [-0.25, -0.2) is 9.67 Å². The molecule has 3 aromatic heterocycles. The van der Waals surface area contributed by atoms with Crippen LogP contribution in [0.15, 0.2) is 36.7 Å². The van der Waals surface area contributed by atoms with E-state index < -0.39 is 0 Å². The standard InChI is InChI=1S/C15H15N5/c1-10-2-3-13-14(18-10)19-20-9-12(8-17-15(13)20)11-4-6-16-7-5-11/h2-7,12,17H,8-9H2,1H3. The van der Waals surface area contributed by atoms with Gasteiger partial charge in [-0.1, -0.05) is 0 Å². The number of hydrogen-bond acceptors (Lipinski definition) is 4. The Labute approximate surface area is 116 Å². The molecule has 1 N–H and O–H groups in total. The van der Waals surface area contributed by atoms with Gasteiger partial charge in [-0.3, -0.25) is 4.98 Å². The number of aryl methyl sites for hydroxylation is 1. The average Bonchev–Trinajstić information content (AvgIpc) is 2.84. The molecule has 0 radical (unpaired) electrons. The first-order chi connectivity index (χ1) is 9.81. The summed E-state index contributed by atoms with van der Waals surface area (Å²) in [6.07, 6.45) is 3.69. The molecule has 0 saturated carbocycles. The summed E-state index contributed by atoms with van der Waals surface area (Å²) in [6.45, 7) is 3.78. The highest BCUT2D eigenvalue weighted by Crippen LogP contribution is 2.30. The van der Waals surface area contributed by atoms with E-state index in [4.69, 9.17) is 0 Å². The number of nitrogens with zero attached hydrogens (tertiary/aromatic N) is 4. The zero-order valence-corrected chi connectivity index (χ0v) is 11.2. The van der Waals surface area contributed by atoms with Crippen LogP contribution in [0.25, 0.3) is 11.0 Å². The number of aromatic nitrogens is 4. The van der Waals surface area contributed by atoms with Gasteiger partial charge in [0.2, 0.25) is 0 Å². The lowest BCUT2D eigenvalue weighted by Gasteiger charge is -2.25. The Hall–Kier alpha value is -2.43. The summed E-state index contributed by atoms with van der Waals surface area (Å²) < 4.78 is 2.03. The van der Waals surface area contributed by atoms with E-state index in [9.17, 15) is 0 Å². The summed E-state index contributed by atoms with van der Waals surface area (Å²) in [5, 5.41) is 9.21. The van der Waals surface area contributed by atoms with Crippen molar-refractivity contribution in [2.24, 2.45) is 0 Å². The topological polar surface area (TPSA) is 55.6 Å². The van der Waals surface area contributed by atoms with Gasteiger partial charge in [0.15, 0.2) is 5.65 Å². The van der Waals surface area contributed by atoms with Crippen molar-refractivity contribution < 1.29 is 0 Å². The number of rotatable bonds is 1. The molecule has 5 nitrogen and oxygen atoms in total. The van der Waals surface area contributed by atoms with Crippen LogP contribution in [0.3, 0.4) is 0 Å². The maximum atomic E-state index is 4.62. The van der Waals surface area contributed by atoms with Crippen LogP contribution in [0.4, 0.5) is 5.82 Å². The zero-order chi connectivity index (χ0) is 13.5. The monoisotopic (exact) mass is 265 g/mol. The minimum Gasteiger partial charge on any atom is -0.369 e. The molecule has 1 aliphatic rings. The Morgan fingerprint density at radius 3 is 2.90 bits per heavy atom. The third-order valence-corrected chi connectivity index (χ3v) is 3.83. The number of hydrogen-bond donors (Lipinski definition) is 1. The SMILES string of the molecule is Cc1ccc2c3n(nc2n1)CC(c1ccncc1)CN3. The lowest BCUT2D eigenvalue weighted by Crippen LogP contribution is -2.26. The molecule has 1 unspecified atom stereocenters. The van der Waals surface area contributed by atoms with Crippen LogP contribution in [0.1, 0.15) is 17.2 Å². The molecule has 0 spiro atoms. The highest BCUT2D eigenvalue weighted by atomic mass is 15.4. The molecular weight excluding hydrogens is 250 g/mol. The first kappa shape index (κ1) is 11.4. The van der Waals surface area contributed by atoms with Crippen molar-refractivity contribution in [1.82, 2.24) is 19.7 Å². The highest BCUT2D eigenvalue weighted by molar-refractivity contribution is 5.87. The molecule has 0 fully saturated rings. The summed E-state index contributed by atoms with van der Waals surface area (Å²) in [5.41, 5.74) is 3.11. The summed E-state index contributed by atoms with van der Waals surface area (Å²) in [4.78, 5) is 8.57. The van der Waals surface area contributed by atoms with Gasteiger partial charge in [-0.05, 0) is 36.8 Å². The van der Waals surface area contributed by atoms with E-state index in [2.05, 4.69) is 38.6 Å². The molecule has 1 aliphatic heterocycles. The van der Waals surface area contributed by atoms with Crippen LogP contribution >= 0.6 is 0 Å². The van der Waals surface area contributed by atoms with Gasteiger partial charge in [0.1, 0.15) is 5.82 Å². The molecule has 3 aromatic rings. The van der Waals surface area contributed by atoms with Gasteiger partial charge in [-0.15, -0.1) is 0 Å². The van der Waals surface area contributed by atoms with Crippen molar-refractivity contribution in [1.29, 1.82) is 0 Å². The number of fused-ring (bicyclic) bond motifs is 3.